The zero-order valence-corrected chi connectivity index (χ0v) is 20.3. The average Bonchev–Trinajstić information content (AvgIpc) is 3.38. The lowest BCUT2D eigenvalue weighted by Crippen LogP contribution is -2.28. The van der Waals surface area contributed by atoms with Gasteiger partial charge in [-0.1, -0.05) is 72.8 Å². The van der Waals surface area contributed by atoms with Gasteiger partial charge in [-0.25, -0.2) is 4.98 Å². The molecule has 1 amide bonds. The van der Waals surface area contributed by atoms with Crippen molar-refractivity contribution in [3.63, 3.8) is 0 Å². The van der Waals surface area contributed by atoms with Crippen LogP contribution in [0.4, 0.5) is 0 Å². The van der Waals surface area contributed by atoms with Gasteiger partial charge >= 0.3 is 0 Å². The van der Waals surface area contributed by atoms with Gasteiger partial charge in [0, 0.05) is 12.6 Å². The van der Waals surface area contributed by atoms with Crippen LogP contribution in [0.2, 0.25) is 0 Å². The third-order valence-electron chi connectivity index (χ3n) is 6.12. The molecule has 1 heterocycles. The number of methoxy groups -OCH3 is 1. The van der Waals surface area contributed by atoms with E-state index in [1.807, 2.05) is 73.7 Å². The van der Waals surface area contributed by atoms with Crippen molar-refractivity contribution in [1.82, 2.24) is 15.2 Å². The Kier molecular flexibility index (Phi) is 7.95. The summed E-state index contributed by atoms with van der Waals surface area (Å²) in [6, 6.07) is 28.2. The largest absolute Gasteiger partial charge is 0.497 e. The molecule has 0 aliphatic carbocycles. The summed E-state index contributed by atoms with van der Waals surface area (Å²) in [4.78, 5) is 19.6. The Bertz CT molecular complexity index is 1220. The summed E-state index contributed by atoms with van der Waals surface area (Å²) in [5.41, 5.74) is 3.62. The van der Waals surface area contributed by atoms with Gasteiger partial charge in [-0.05, 0) is 42.7 Å². The Balaban J connectivity index is 1.50. The number of carbonyl (C=O) groups excluding carboxylic acids is 1. The lowest BCUT2D eigenvalue weighted by atomic mass is 10.1. The summed E-state index contributed by atoms with van der Waals surface area (Å²) < 4.78 is 11.1. The number of nitrogens with one attached hydrogen (secondary N) is 1. The monoisotopic (exact) mass is 469 g/mol. The van der Waals surface area contributed by atoms with Crippen LogP contribution in [0, 0.1) is 0 Å². The van der Waals surface area contributed by atoms with Gasteiger partial charge in [-0.2, -0.15) is 0 Å². The molecule has 0 aliphatic rings. The standard InChI is InChI=1S/C29H31N3O3/c1-21(24-12-6-4-7-13-24)30-29(33)27-20-35-28(31-27)19-32(22(2)25-14-8-5-9-15-25)18-23-11-10-16-26(17-23)34-3/h4-17,20-22H,18-19H2,1-3H3,(H,30,33)/t21-,22+/m0/s1. The molecule has 35 heavy (non-hydrogen) atoms. The first kappa shape index (κ1) is 24.2. The van der Waals surface area contributed by atoms with E-state index in [1.54, 1.807) is 7.11 Å². The molecule has 0 radical (unpaired) electrons. The Labute approximate surface area is 206 Å². The van der Waals surface area contributed by atoms with Crippen LogP contribution >= 0.6 is 0 Å². The van der Waals surface area contributed by atoms with Gasteiger partial charge in [0.05, 0.1) is 19.7 Å². The predicted octanol–water partition coefficient (Wildman–Crippen LogP) is 5.94. The number of amides is 1. The van der Waals surface area contributed by atoms with Crippen molar-refractivity contribution in [3.05, 3.63) is 119 Å². The zero-order chi connectivity index (χ0) is 24.6. The molecule has 4 rings (SSSR count). The van der Waals surface area contributed by atoms with E-state index in [9.17, 15) is 4.79 Å². The second-order valence-electron chi connectivity index (χ2n) is 8.58. The molecule has 3 aromatic carbocycles. The van der Waals surface area contributed by atoms with E-state index in [0.717, 1.165) is 16.9 Å². The fourth-order valence-corrected chi connectivity index (χ4v) is 4.03. The molecular formula is C29H31N3O3. The van der Waals surface area contributed by atoms with Crippen LogP contribution in [-0.4, -0.2) is 22.9 Å². The molecule has 0 spiro atoms. The first-order valence-electron chi connectivity index (χ1n) is 11.8. The molecule has 1 N–H and O–H groups in total. The van der Waals surface area contributed by atoms with Gasteiger partial charge in [0.1, 0.15) is 12.0 Å². The summed E-state index contributed by atoms with van der Waals surface area (Å²) in [5.74, 6) is 1.05. The van der Waals surface area contributed by atoms with Crippen LogP contribution in [0.15, 0.2) is 95.6 Å². The highest BCUT2D eigenvalue weighted by atomic mass is 16.5. The molecule has 0 saturated carbocycles. The maximum Gasteiger partial charge on any atom is 0.273 e. The smallest absolute Gasteiger partial charge is 0.273 e. The topological polar surface area (TPSA) is 67.6 Å². The molecule has 0 aliphatic heterocycles. The van der Waals surface area contributed by atoms with E-state index in [-0.39, 0.29) is 23.7 Å². The van der Waals surface area contributed by atoms with Gasteiger partial charge in [0.25, 0.3) is 5.91 Å². The molecule has 4 aromatic rings. The van der Waals surface area contributed by atoms with E-state index in [1.165, 1.54) is 11.8 Å². The minimum atomic E-state index is -0.258. The Morgan fingerprint density at radius 2 is 1.63 bits per heavy atom. The first-order valence-corrected chi connectivity index (χ1v) is 11.8. The Morgan fingerprint density at radius 1 is 0.943 bits per heavy atom. The van der Waals surface area contributed by atoms with E-state index in [2.05, 4.69) is 40.3 Å². The fourth-order valence-electron chi connectivity index (χ4n) is 4.03. The van der Waals surface area contributed by atoms with Crippen LogP contribution < -0.4 is 10.1 Å². The van der Waals surface area contributed by atoms with E-state index in [4.69, 9.17) is 9.15 Å². The van der Waals surface area contributed by atoms with Gasteiger partial charge < -0.3 is 14.5 Å². The maximum atomic E-state index is 12.8. The molecule has 0 saturated heterocycles. The molecule has 0 unspecified atom stereocenters. The fraction of sp³-hybridized carbons (Fsp3) is 0.241. The van der Waals surface area contributed by atoms with Gasteiger partial charge in [-0.15, -0.1) is 0 Å². The molecule has 6 heteroatoms. The lowest BCUT2D eigenvalue weighted by Gasteiger charge is -2.28. The zero-order valence-electron chi connectivity index (χ0n) is 20.3. The van der Waals surface area contributed by atoms with Crippen molar-refractivity contribution in [1.29, 1.82) is 0 Å². The third-order valence-corrected chi connectivity index (χ3v) is 6.12. The summed E-state index contributed by atoms with van der Waals surface area (Å²) in [5, 5.41) is 2.99. The van der Waals surface area contributed by atoms with Crippen molar-refractivity contribution in [2.45, 2.75) is 39.0 Å². The molecule has 2 atom stereocenters. The van der Waals surface area contributed by atoms with Crippen LogP contribution in [-0.2, 0) is 13.1 Å². The minimum absolute atomic E-state index is 0.102. The maximum absolute atomic E-state index is 12.8. The number of hydrogen-bond acceptors (Lipinski definition) is 5. The van der Waals surface area contributed by atoms with Crippen molar-refractivity contribution < 1.29 is 13.9 Å². The van der Waals surface area contributed by atoms with Crippen LogP contribution in [0.25, 0.3) is 0 Å². The van der Waals surface area contributed by atoms with E-state index < -0.39 is 0 Å². The molecule has 180 valence electrons. The van der Waals surface area contributed by atoms with Crippen LogP contribution in [0.1, 0.15) is 59.0 Å². The Morgan fingerprint density at radius 3 is 2.31 bits per heavy atom. The molecule has 1 aromatic heterocycles. The highest BCUT2D eigenvalue weighted by Crippen LogP contribution is 2.26. The van der Waals surface area contributed by atoms with Gasteiger partial charge in [0.15, 0.2) is 5.69 Å². The number of aromatic nitrogens is 1. The van der Waals surface area contributed by atoms with E-state index >= 15 is 0 Å². The number of rotatable bonds is 10. The summed E-state index contributed by atoms with van der Waals surface area (Å²) in [7, 11) is 1.67. The van der Waals surface area contributed by atoms with E-state index in [0.29, 0.717) is 19.0 Å². The SMILES string of the molecule is COc1cccc(CN(Cc2nc(C(=O)N[C@@H](C)c3ccccc3)co2)[C@H](C)c2ccccc2)c1. The number of nitrogens with zero attached hydrogens (tertiary/aromatic N) is 2. The first-order chi connectivity index (χ1) is 17.0. The second kappa shape index (κ2) is 11.5. The number of ether oxygens (including phenoxy) is 1. The van der Waals surface area contributed by atoms with Crippen molar-refractivity contribution in [2.75, 3.05) is 7.11 Å². The summed E-state index contributed by atoms with van der Waals surface area (Å²) >= 11 is 0. The highest BCUT2D eigenvalue weighted by molar-refractivity contribution is 5.92. The Hall–Kier alpha value is -3.90. The number of hydrogen-bond donors (Lipinski definition) is 1. The summed E-state index contributed by atoms with van der Waals surface area (Å²) in [6.07, 6.45) is 1.43. The normalized spacial score (nSPS) is 12.8. The van der Waals surface area contributed by atoms with Crippen LogP contribution in [0.3, 0.4) is 0 Å². The van der Waals surface area contributed by atoms with Gasteiger partial charge in [0.2, 0.25) is 5.89 Å². The number of oxazole rings is 1. The highest BCUT2D eigenvalue weighted by Gasteiger charge is 2.21. The quantitative estimate of drug-likeness (QED) is 0.311. The van der Waals surface area contributed by atoms with Gasteiger partial charge in [-0.3, -0.25) is 9.69 Å². The lowest BCUT2D eigenvalue weighted by molar-refractivity contribution is 0.0934. The summed E-state index contributed by atoms with van der Waals surface area (Å²) in [6.45, 7) is 5.23. The third kappa shape index (κ3) is 6.37. The number of benzene rings is 3. The molecular weight excluding hydrogens is 438 g/mol. The minimum Gasteiger partial charge on any atom is -0.497 e. The molecule has 0 fully saturated rings. The predicted molar refractivity (Wildman–Crippen MR) is 136 cm³/mol. The van der Waals surface area contributed by atoms with Crippen molar-refractivity contribution in [3.8, 4) is 5.75 Å². The second-order valence-corrected chi connectivity index (χ2v) is 8.58. The average molecular weight is 470 g/mol. The van der Waals surface area contributed by atoms with Crippen LogP contribution in [0.5, 0.6) is 5.75 Å². The molecule has 0 bridgehead atoms. The van der Waals surface area contributed by atoms with Crippen molar-refractivity contribution in [2.24, 2.45) is 0 Å². The number of carbonyl (C=O) groups is 1. The van der Waals surface area contributed by atoms with Crippen molar-refractivity contribution >= 4 is 5.91 Å². The molecule has 6 nitrogen and oxygen atoms in total.